The van der Waals surface area contributed by atoms with Crippen molar-refractivity contribution in [2.75, 3.05) is 18.5 Å². The van der Waals surface area contributed by atoms with Crippen molar-refractivity contribution in [1.29, 1.82) is 0 Å². The van der Waals surface area contributed by atoms with Crippen LogP contribution in [-0.2, 0) is 0 Å². The number of carboxylic acids is 1. The highest BCUT2D eigenvalue weighted by Gasteiger charge is 2.21. The van der Waals surface area contributed by atoms with Crippen LogP contribution >= 0.6 is 0 Å². The first kappa shape index (κ1) is 15.8. The van der Waals surface area contributed by atoms with Crippen LogP contribution in [0.15, 0.2) is 12.1 Å². The van der Waals surface area contributed by atoms with E-state index in [1.165, 1.54) is 0 Å². The lowest BCUT2D eigenvalue weighted by atomic mass is 10.1. The molecule has 0 unspecified atom stereocenters. The topological polar surface area (TPSA) is 113 Å². The Bertz CT molecular complexity index is 507. The molecule has 20 heavy (non-hydrogen) atoms. The van der Waals surface area contributed by atoms with Crippen LogP contribution in [0.1, 0.15) is 29.6 Å². The predicted octanol–water partition coefficient (Wildman–Crippen LogP) is 2.01. The van der Waals surface area contributed by atoms with Crippen LogP contribution in [0.5, 0.6) is 0 Å². The number of unbranched alkanes of at least 4 members (excludes halogenated alkanes) is 2. The van der Waals surface area contributed by atoms with Gasteiger partial charge in [-0.05, 0) is 25.3 Å². The van der Waals surface area contributed by atoms with Crippen LogP contribution in [0.25, 0.3) is 0 Å². The number of rotatable bonds is 8. The molecule has 3 N–H and O–H groups in total. The van der Waals surface area contributed by atoms with Crippen molar-refractivity contribution in [2.24, 2.45) is 0 Å². The largest absolute Gasteiger partial charge is 0.478 e. The standard InChI is InChI=1S/C12H15FN2O5/c13-9-7-11(15(19)20)10(6-8(9)12(17)18)14-4-2-1-3-5-16/h6-7,14,16H,1-5H2,(H,17,18). The first-order valence-corrected chi connectivity index (χ1v) is 6.03. The van der Waals surface area contributed by atoms with Gasteiger partial charge in [-0.2, -0.15) is 0 Å². The number of nitro benzene ring substituents is 1. The number of hydrogen-bond acceptors (Lipinski definition) is 5. The number of benzene rings is 1. The van der Waals surface area contributed by atoms with Crippen molar-refractivity contribution in [3.05, 3.63) is 33.6 Å². The minimum atomic E-state index is -1.49. The van der Waals surface area contributed by atoms with Crippen molar-refractivity contribution in [1.82, 2.24) is 0 Å². The lowest BCUT2D eigenvalue weighted by Crippen LogP contribution is -2.08. The van der Waals surface area contributed by atoms with Crippen LogP contribution < -0.4 is 5.32 Å². The summed E-state index contributed by atoms with van der Waals surface area (Å²) in [6.07, 6.45) is 2.00. The van der Waals surface area contributed by atoms with E-state index in [2.05, 4.69) is 5.32 Å². The number of anilines is 1. The van der Waals surface area contributed by atoms with Crippen molar-refractivity contribution in [2.45, 2.75) is 19.3 Å². The fourth-order valence-corrected chi connectivity index (χ4v) is 1.66. The third-order valence-corrected chi connectivity index (χ3v) is 2.66. The van der Waals surface area contributed by atoms with Crippen LogP contribution in [0.4, 0.5) is 15.8 Å². The molecule has 0 saturated heterocycles. The molecule has 1 aromatic rings. The zero-order chi connectivity index (χ0) is 15.1. The molecule has 0 fully saturated rings. The van der Waals surface area contributed by atoms with Gasteiger partial charge in [0.15, 0.2) is 0 Å². The summed E-state index contributed by atoms with van der Waals surface area (Å²) < 4.78 is 13.4. The lowest BCUT2D eigenvalue weighted by molar-refractivity contribution is -0.384. The summed E-state index contributed by atoms with van der Waals surface area (Å²) in [7, 11) is 0. The molecule has 110 valence electrons. The van der Waals surface area contributed by atoms with Gasteiger partial charge in [0.05, 0.1) is 16.6 Å². The van der Waals surface area contributed by atoms with Crippen molar-refractivity contribution in [3.8, 4) is 0 Å². The molecule has 0 spiro atoms. The second kappa shape index (κ2) is 7.39. The van der Waals surface area contributed by atoms with Gasteiger partial charge in [-0.3, -0.25) is 10.1 Å². The summed E-state index contributed by atoms with van der Waals surface area (Å²) in [5.41, 5.74) is -1.15. The molecule has 8 heteroatoms. The minimum absolute atomic E-state index is 0.0298. The Balaban J connectivity index is 2.88. The number of carboxylic acid groups (broad SMARTS) is 1. The fourth-order valence-electron chi connectivity index (χ4n) is 1.66. The zero-order valence-corrected chi connectivity index (χ0v) is 10.6. The van der Waals surface area contributed by atoms with Gasteiger partial charge < -0.3 is 15.5 Å². The van der Waals surface area contributed by atoms with Gasteiger partial charge in [-0.25, -0.2) is 9.18 Å². The number of aliphatic hydroxyl groups is 1. The normalized spacial score (nSPS) is 10.3. The lowest BCUT2D eigenvalue weighted by Gasteiger charge is -2.08. The van der Waals surface area contributed by atoms with E-state index in [4.69, 9.17) is 10.2 Å². The van der Waals surface area contributed by atoms with Crippen molar-refractivity contribution < 1.29 is 24.3 Å². The molecule has 1 aromatic carbocycles. The molecule has 0 heterocycles. The number of aliphatic hydroxyl groups excluding tert-OH is 1. The van der Waals surface area contributed by atoms with Gasteiger partial charge in [-0.1, -0.05) is 0 Å². The monoisotopic (exact) mass is 286 g/mol. The third-order valence-electron chi connectivity index (χ3n) is 2.66. The third kappa shape index (κ3) is 4.16. The molecule has 0 atom stereocenters. The summed E-state index contributed by atoms with van der Waals surface area (Å²) in [4.78, 5) is 20.8. The highest BCUT2D eigenvalue weighted by Crippen LogP contribution is 2.28. The number of nitrogens with one attached hydrogen (secondary N) is 1. The highest BCUT2D eigenvalue weighted by molar-refractivity contribution is 5.90. The van der Waals surface area contributed by atoms with E-state index in [0.29, 0.717) is 25.5 Å². The Morgan fingerprint density at radius 1 is 1.35 bits per heavy atom. The smallest absolute Gasteiger partial charge is 0.338 e. The van der Waals surface area contributed by atoms with E-state index in [-0.39, 0.29) is 12.3 Å². The first-order chi connectivity index (χ1) is 9.47. The molecule has 0 bridgehead atoms. The molecule has 0 saturated carbocycles. The maximum atomic E-state index is 13.4. The molecule has 0 amide bonds. The SMILES string of the molecule is O=C(O)c1cc(NCCCCCO)c([N+](=O)[O-])cc1F. The molecule has 0 aliphatic rings. The summed E-state index contributed by atoms with van der Waals surface area (Å²) >= 11 is 0. The van der Waals surface area contributed by atoms with Crippen LogP contribution in [0.3, 0.4) is 0 Å². The molecule has 0 aromatic heterocycles. The number of carbonyl (C=O) groups is 1. The van der Waals surface area contributed by atoms with Crippen LogP contribution in [-0.4, -0.2) is 34.3 Å². The minimum Gasteiger partial charge on any atom is -0.478 e. The molecule has 1 rings (SSSR count). The quantitative estimate of drug-likeness (QED) is 0.383. The van der Waals surface area contributed by atoms with Crippen molar-refractivity contribution in [3.63, 3.8) is 0 Å². The Kier molecular flexibility index (Phi) is 5.85. The maximum absolute atomic E-state index is 13.4. The van der Waals surface area contributed by atoms with E-state index >= 15 is 0 Å². The van der Waals surface area contributed by atoms with E-state index in [9.17, 15) is 19.3 Å². The van der Waals surface area contributed by atoms with E-state index < -0.39 is 28.0 Å². The maximum Gasteiger partial charge on any atom is 0.338 e. The summed E-state index contributed by atoms with van der Waals surface area (Å²) in [6.45, 7) is 0.436. The van der Waals surface area contributed by atoms with Gasteiger partial charge in [0, 0.05) is 13.2 Å². The average Bonchev–Trinajstić information content (AvgIpc) is 2.39. The summed E-state index contributed by atoms with van der Waals surface area (Å²) in [5, 5.41) is 30.9. The average molecular weight is 286 g/mol. The summed E-state index contributed by atoms with van der Waals surface area (Å²) in [6, 6.07) is 1.52. The zero-order valence-electron chi connectivity index (χ0n) is 10.6. The van der Waals surface area contributed by atoms with E-state index in [1.54, 1.807) is 0 Å². The van der Waals surface area contributed by atoms with Gasteiger partial charge in [0.2, 0.25) is 0 Å². The number of aromatic carboxylic acids is 1. The number of nitro groups is 1. The second-order valence-electron chi connectivity index (χ2n) is 4.12. The Labute approximate surface area is 114 Å². The first-order valence-electron chi connectivity index (χ1n) is 6.03. The summed E-state index contributed by atoms with van der Waals surface area (Å²) in [5.74, 6) is -2.63. The molecule has 0 radical (unpaired) electrons. The fraction of sp³-hybridized carbons (Fsp3) is 0.417. The van der Waals surface area contributed by atoms with Gasteiger partial charge in [0.1, 0.15) is 11.5 Å². The highest BCUT2D eigenvalue weighted by atomic mass is 19.1. The second-order valence-corrected chi connectivity index (χ2v) is 4.12. The number of nitrogens with zero attached hydrogens (tertiary/aromatic N) is 1. The Morgan fingerprint density at radius 2 is 2.05 bits per heavy atom. The van der Waals surface area contributed by atoms with Crippen molar-refractivity contribution >= 4 is 17.3 Å². The molecular weight excluding hydrogens is 271 g/mol. The Hall–Kier alpha value is -2.22. The van der Waals surface area contributed by atoms with E-state index in [1.807, 2.05) is 0 Å². The molecule has 0 aliphatic carbocycles. The van der Waals surface area contributed by atoms with Crippen LogP contribution in [0, 0.1) is 15.9 Å². The number of hydrogen-bond donors (Lipinski definition) is 3. The molecular formula is C12H15FN2O5. The van der Waals surface area contributed by atoms with Gasteiger partial charge in [-0.15, -0.1) is 0 Å². The van der Waals surface area contributed by atoms with E-state index in [0.717, 1.165) is 12.5 Å². The predicted molar refractivity (Wildman–Crippen MR) is 69.4 cm³/mol. The van der Waals surface area contributed by atoms with Crippen LogP contribution in [0.2, 0.25) is 0 Å². The molecule has 0 aliphatic heterocycles. The van der Waals surface area contributed by atoms with Gasteiger partial charge in [0.25, 0.3) is 5.69 Å². The Morgan fingerprint density at radius 3 is 2.60 bits per heavy atom. The number of halogens is 1. The molecule has 7 nitrogen and oxygen atoms in total. The van der Waals surface area contributed by atoms with Gasteiger partial charge >= 0.3 is 5.97 Å².